The number of benzene rings is 2. The molecule has 17 heteroatoms. The number of phenols is 1. The Morgan fingerprint density at radius 3 is 2.26 bits per heavy atom. The zero-order chi connectivity index (χ0) is 38.7. The van der Waals surface area contributed by atoms with Crippen molar-refractivity contribution < 1.29 is 55.0 Å². The fourth-order valence-electron chi connectivity index (χ4n) is 6.49. The minimum Gasteiger partial charge on any atom is -0.508 e. The molecule has 2 aliphatic rings. The van der Waals surface area contributed by atoms with Gasteiger partial charge >= 0.3 is 18.3 Å². The molecule has 0 unspecified atom stereocenters. The number of piperazine rings is 1. The van der Waals surface area contributed by atoms with Crippen LogP contribution in [0.3, 0.4) is 0 Å². The fraction of sp³-hybridized carbons (Fsp3) is 0.389. The first kappa shape index (κ1) is 39.2. The van der Waals surface area contributed by atoms with E-state index < -0.39 is 59.5 Å². The quantitative estimate of drug-likeness (QED) is 0.133. The van der Waals surface area contributed by atoms with Crippen LogP contribution in [-0.2, 0) is 35.0 Å². The Bertz CT molecular complexity index is 1850. The number of nitrogens with one attached hydrogen (secondary N) is 1. The summed E-state index contributed by atoms with van der Waals surface area (Å²) in [5, 5.41) is 23.0. The topological polar surface area (TPSA) is 113 Å². The normalized spacial score (nSPS) is 16.9. The Morgan fingerprint density at radius 2 is 1.64 bits per heavy atom. The van der Waals surface area contributed by atoms with Crippen molar-refractivity contribution in [3.63, 3.8) is 0 Å². The van der Waals surface area contributed by atoms with Crippen molar-refractivity contribution in [2.45, 2.75) is 51.2 Å². The number of amides is 1. The molecule has 3 aromatic rings. The lowest BCUT2D eigenvalue weighted by Crippen LogP contribution is -2.54. The summed E-state index contributed by atoms with van der Waals surface area (Å²) < 4.78 is 102. The van der Waals surface area contributed by atoms with E-state index in [1.54, 1.807) is 23.1 Å². The number of hydrogen-bond donors (Lipinski definition) is 3. The number of phenolic OH excluding ortho intramolecular Hbond substituents is 1. The summed E-state index contributed by atoms with van der Waals surface area (Å²) in [6.45, 7) is 5.90. The fourth-order valence-corrected chi connectivity index (χ4v) is 6.49. The Balaban J connectivity index is 1.47. The largest absolute Gasteiger partial charge is 0.508 e. The molecule has 0 radical (unpaired) electrons. The predicted octanol–water partition coefficient (Wildman–Crippen LogP) is 6.52. The van der Waals surface area contributed by atoms with E-state index in [0.29, 0.717) is 5.56 Å². The van der Waals surface area contributed by atoms with E-state index >= 15 is 4.39 Å². The van der Waals surface area contributed by atoms with Gasteiger partial charge in [0.1, 0.15) is 28.8 Å². The highest BCUT2D eigenvalue weighted by atomic mass is 19.4. The zero-order valence-corrected chi connectivity index (χ0v) is 28.6. The highest BCUT2D eigenvalue weighted by molar-refractivity contribution is 5.96. The molecule has 5 rings (SSSR count). The van der Waals surface area contributed by atoms with Gasteiger partial charge in [0, 0.05) is 56.0 Å². The second-order valence-electron chi connectivity index (χ2n) is 12.7. The SMILES string of the molecule is C=C1N(C[C@H](NCCCC(=O)O)c2ccccc2O)C(=O)C(N2CCN(Cc3ccc(C(F)(F)F)o3)CC2)=C(C)N1Cc1c(F)cccc1C(F)(F)F. The summed E-state index contributed by atoms with van der Waals surface area (Å²) in [4.78, 5) is 31.7. The summed E-state index contributed by atoms with van der Waals surface area (Å²) in [5.74, 6) is -3.92. The number of alkyl halides is 6. The van der Waals surface area contributed by atoms with Crippen molar-refractivity contribution in [3.05, 3.63) is 112 Å². The van der Waals surface area contributed by atoms with Crippen molar-refractivity contribution in [3.8, 4) is 5.75 Å². The number of halogens is 7. The summed E-state index contributed by atoms with van der Waals surface area (Å²) in [7, 11) is 0. The standard InChI is InChI=1S/C36H38F7N5O5/c1-22-33(46-17-15-45(16-18-46)19-24-12-13-31(53-24)36(41,42)43)34(52)48(21-29(44-14-6-11-32(50)51)25-7-3-4-10-30(25)49)23(2)47(22)20-26-27(35(38,39)40)8-5-9-28(26)37/h3-5,7-10,12-13,29,44,49H,2,6,11,14-21H2,1H3,(H,50,51)/t29-/m0/s1. The number of carbonyl (C=O) groups is 2. The summed E-state index contributed by atoms with van der Waals surface area (Å²) in [5.41, 5.74) is -1.21. The van der Waals surface area contributed by atoms with Crippen LogP contribution in [0.1, 0.15) is 54.0 Å². The van der Waals surface area contributed by atoms with Crippen LogP contribution in [0.4, 0.5) is 30.7 Å². The third-order valence-electron chi connectivity index (χ3n) is 9.20. The van der Waals surface area contributed by atoms with E-state index in [1.807, 2.05) is 4.90 Å². The molecule has 1 amide bonds. The third kappa shape index (κ3) is 9.14. The number of carbonyl (C=O) groups excluding carboxylic acids is 1. The summed E-state index contributed by atoms with van der Waals surface area (Å²) in [6.07, 6.45) is -9.49. The van der Waals surface area contributed by atoms with Gasteiger partial charge in [0.25, 0.3) is 5.91 Å². The Labute approximate surface area is 300 Å². The molecule has 10 nitrogen and oxygen atoms in total. The Hall–Kier alpha value is -5.03. The molecule has 1 saturated heterocycles. The first-order valence-corrected chi connectivity index (χ1v) is 16.7. The molecule has 3 heterocycles. The highest BCUT2D eigenvalue weighted by Crippen LogP contribution is 2.38. The average Bonchev–Trinajstić information content (AvgIpc) is 3.56. The van der Waals surface area contributed by atoms with Crippen molar-refractivity contribution >= 4 is 11.9 Å². The van der Waals surface area contributed by atoms with Crippen LogP contribution in [0.5, 0.6) is 5.75 Å². The number of aliphatic carboxylic acids is 1. The van der Waals surface area contributed by atoms with Gasteiger partial charge in [-0.15, -0.1) is 0 Å². The summed E-state index contributed by atoms with van der Waals surface area (Å²) in [6, 6.07) is 10.2. The van der Waals surface area contributed by atoms with E-state index in [1.165, 1.54) is 28.9 Å². The molecule has 1 atom stereocenters. The van der Waals surface area contributed by atoms with Crippen LogP contribution >= 0.6 is 0 Å². The summed E-state index contributed by atoms with van der Waals surface area (Å²) >= 11 is 0. The van der Waals surface area contributed by atoms with Crippen LogP contribution in [0.15, 0.2) is 82.8 Å². The van der Waals surface area contributed by atoms with Gasteiger partial charge in [0.05, 0.1) is 24.7 Å². The van der Waals surface area contributed by atoms with E-state index in [9.17, 15) is 41.0 Å². The number of carboxylic acids is 1. The number of nitrogens with zero attached hydrogens (tertiary/aromatic N) is 4. The van der Waals surface area contributed by atoms with Crippen LogP contribution in [0.25, 0.3) is 0 Å². The van der Waals surface area contributed by atoms with Gasteiger partial charge in [-0.25, -0.2) is 4.39 Å². The molecule has 2 aromatic carbocycles. The van der Waals surface area contributed by atoms with Gasteiger partial charge in [0.2, 0.25) is 5.76 Å². The smallest absolute Gasteiger partial charge is 0.449 e. The number of allylic oxidation sites excluding steroid dienone is 1. The second kappa shape index (κ2) is 15.9. The second-order valence-corrected chi connectivity index (χ2v) is 12.7. The molecule has 3 N–H and O–H groups in total. The number of furan rings is 1. The first-order chi connectivity index (χ1) is 25.0. The maximum Gasteiger partial charge on any atom is 0.449 e. The lowest BCUT2D eigenvalue weighted by atomic mass is 10.0. The van der Waals surface area contributed by atoms with Crippen LogP contribution in [-0.4, -0.2) is 81.0 Å². The van der Waals surface area contributed by atoms with Crippen molar-refractivity contribution in [1.29, 1.82) is 0 Å². The van der Waals surface area contributed by atoms with Crippen molar-refractivity contribution in [2.75, 3.05) is 39.3 Å². The Kier molecular flexibility index (Phi) is 11.8. The lowest BCUT2D eigenvalue weighted by Gasteiger charge is -2.46. The van der Waals surface area contributed by atoms with Gasteiger partial charge in [-0.2, -0.15) is 26.3 Å². The zero-order valence-electron chi connectivity index (χ0n) is 28.6. The van der Waals surface area contributed by atoms with Gasteiger partial charge in [0.15, 0.2) is 0 Å². The molecule has 1 aromatic heterocycles. The van der Waals surface area contributed by atoms with Gasteiger partial charge in [-0.1, -0.05) is 30.8 Å². The number of aromatic hydroxyl groups is 1. The maximum absolute atomic E-state index is 15.2. The third-order valence-corrected chi connectivity index (χ3v) is 9.20. The van der Waals surface area contributed by atoms with E-state index in [4.69, 9.17) is 9.52 Å². The number of para-hydroxylation sites is 1. The van der Waals surface area contributed by atoms with Crippen LogP contribution in [0, 0.1) is 5.82 Å². The van der Waals surface area contributed by atoms with E-state index in [0.717, 1.165) is 24.3 Å². The molecule has 0 bridgehead atoms. The first-order valence-electron chi connectivity index (χ1n) is 16.7. The van der Waals surface area contributed by atoms with Crippen LogP contribution in [0.2, 0.25) is 0 Å². The van der Waals surface area contributed by atoms with E-state index in [2.05, 4.69) is 11.9 Å². The number of hydrogen-bond acceptors (Lipinski definition) is 8. The maximum atomic E-state index is 15.2. The average molecular weight is 754 g/mol. The molecule has 286 valence electrons. The molecule has 0 saturated carbocycles. The molecule has 53 heavy (non-hydrogen) atoms. The molecular weight excluding hydrogens is 715 g/mol. The van der Waals surface area contributed by atoms with Crippen LogP contribution < -0.4 is 5.32 Å². The van der Waals surface area contributed by atoms with Gasteiger partial charge in [-0.05, 0) is 50.2 Å². The molecule has 2 aliphatic heterocycles. The monoisotopic (exact) mass is 753 g/mol. The minimum absolute atomic E-state index is 0.0580. The highest BCUT2D eigenvalue weighted by Gasteiger charge is 2.41. The molecule has 0 spiro atoms. The minimum atomic E-state index is -4.90. The van der Waals surface area contributed by atoms with Gasteiger partial charge < -0.3 is 29.7 Å². The number of rotatable bonds is 13. The molecule has 1 fully saturated rings. The van der Waals surface area contributed by atoms with Crippen molar-refractivity contribution in [2.24, 2.45) is 0 Å². The predicted molar refractivity (Wildman–Crippen MR) is 177 cm³/mol. The molecule has 0 aliphatic carbocycles. The number of carboxylic acid groups (broad SMARTS) is 1. The lowest BCUT2D eigenvalue weighted by molar-refractivity contribution is -0.153. The molecular formula is C36H38F7N5O5. The Morgan fingerprint density at radius 1 is 0.943 bits per heavy atom. The van der Waals surface area contributed by atoms with E-state index in [-0.39, 0.29) is 87.4 Å². The van der Waals surface area contributed by atoms with Gasteiger partial charge in [-0.3, -0.25) is 19.4 Å². The van der Waals surface area contributed by atoms with Crippen molar-refractivity contribution in [1.82, 2.24) is 24.9 Å².